The van der Waals surface area contributed by atoms with Crippen LogP contribution in [-0.4, -0.2) is 11.0 Å². The second-order valence-electron chi connectivity index (χ2n) is 5.97. The summed E-state index contributed by atoms with van der Waals surface area (Å²) in [4.78, 5) is 16.7. The molecule has 0 aliphatic carbocycles. The van der Waals surface area contributed by atoms with Crippen LogP contribution in [0.15, 0.2) is 79.0 Å². The van der Waals surface area contributed by atoms with Gasteiger partial charge in [0, 0.05) is 11.6 Å². The van der Waals surface area contributed by atoms with Crippen LogP contribution in [0.3, 0.4) is 0 Å². The van der Waals surface area contributed by atoms with Crippen molar-refractivity contribution in [3.05, 3.63) is 90.1 Å². The van der Waals surface area contributed by atoms with Gasteiger partial charge in [0.25, 0.3) is 0 Å². The first-order chi connectivity index (χ1) is 12.3. The fraction of sp³-hybridized carbons (Fsp3) is 0.0909. The topological polar surface area (TPSA) is 39.2 Å². The van der Waals surface area contributed by atoms with Crippen molar-refractivity contribution in [3.63, 3.8) is 0 Å². The average Bonchev–Trinajstić information content (AvgIpc) is 2.66. The van der Waals surface area contributed by atoms with Gasteiger partial charge in [-0.25, -0.2) is 0 Å². The lowest BCUT2D eigenvalue weighted by Crippen LogP contribution is -2.08. The maximum Gasteiger partial charge on any atom is 0.310 e. The van der Waals surface area contributed by atoms with Crippen molar-refractivity contribution in [2.24, 2.45) is 0 Å². The Bertz CT molecular complexity index is 1050. The summed E-state index contributed by atoms with van der Waals surface area (Å²) in [6, 6.07) is 23.9. The summed E-state index contributed by atoms with van der Waals surface area (Å²) in [5, 5.41) is 3.29. The smallest absolute Gasteiger partial charge is 0.310 e. The molecule has 0 saturated carbocycles. The molecule has 0 atom stereocenters. The van der Waals surface area contributed by atoms with Gasteiger partial charge in [-0.1, -0.05) is 66.7 Å². The molecule has 0 radical (unpaired) electrons. The summed E-state index contributed by atoms with van der Waals surface area (Å²) < 4.78 is 5.52. The lowest BCUT2D eigenvalue weighted by atomic mass is 10.1. The van der Waals surface area contributed by atoms with Gasteiger partial charge in [0.2, 0.25) is 0 Å². The fourth-order valence-corrected chi connectivity index (χ4v) is 3.09. The predicted octanol–water partition coefficient (Wildman–Crippen LogP) is 4.67. The van der Waals surface area contributed by atoms with Crippen LogP contribution in [0.4, 0.5) is 0 Å². The molecule has 0 aliphatic rings. The van der Waals surface area contributed by atoms with E-state index in [2.05, 4.69) is 17.1 Å². The number of ether oxygens (including phenoxy) is 1. The van der Waals surface area contributed by atoms with Gasteiger partial charge >= 0.3 is 5.97 Å². The van der Waals surface area contributed by atoms with Crippen LogP contribution in [0.2, 0.25) is 0 Å². The van der Waals surface area contributed by atoms with E-state index in [1.807, 2.05) is 60.7 Å². The SMILES string of the molecule is O=C(Cc1cccc2cccnc12)OCc1cccc2ccccc12. The number of rotatable bonds is 4. The zero-order valence-corrected chi connectivity index (χ0v) is 13.7. The summed E-state index contributed by atoms with van der Waals surface area (Å²) in [6.07, 6.45) is 1.96. The molecule has 0 bridgehead atoms. The van der Waals surface area contributed by atoms with Gasteiger partial charge in [0.05, 0.1) is 11.9 Å². The Labute approximate surface area is 145 Å². The number of hydrogen-bond donors (Lipinski definition) is 0. The number of fused-ring (bicyclic) bond motifs is 2. The zero-order chi connectivity index (χ0) is 17.1. The summed E-state index contributed by atoms with van der Waals surface area (Å²) in [5.41, 5.74) is 2.76. The van der Waals surface area contributed by atoms with Gasteiger partial charge in [-0.15, -0.1) is 0 Å². The monoisotopic (exact) mass is 327 g/mol. The van der Waals surface area contributed by atoms with E-state index >= 15 is 0 Å². The fourth-order valence-electron chi connectivity index (χ4n) is 3.09. The van der Waals surface area contributed by atoms with E-state index in [0.717, 1.165) is 32.8 Å². The molecule has 0 amide bonds. The van der Waals surface area contributed by atoms with Crippen molar-refractivity contribution in [2.75, 3.05) is 0 Å². The van der Waals surface area contributed by atoms with Crippen LogP contribution in [0, 0.1) is 0 Å². The summed E-state index contributed by atoms with van der Waals surface area (Å²) >= 11 is 0. The first kappa shape index (κ1) is 15.3. The summed E-state index contributed by atoms with van der Waals surface area (Å²) in [5.74, 6) is -0.244. The van der Waals surface area contributed by atoms with Crippen molar-refractivity contribution in [1.82, 2.24) is 4.98 Å². The Morgan fingerprint density at radius 2 is 1.52 bits per heavy atom. The zero-order valence-electron chi connectivity index (χ0n) is 13.7. The minimum Gasteiger partial charge on any atom is -0.461 e. The van der Waals surface area contributed by atoms with Crippen LogP contribution in [0.25, 0.3) is 21.7 Å². The highest BCUT2D eigenvalue weighted by Gasteiger charge is 2.10. The van der Waals surface area contributed by atoms with E-state index in [1.54, 1.807) is 6.20 Å². The standard InChI is InChI=1S/C22H17NO2/c24-21(14-18-9-4-8-17-11-5-13-23-22(17)18)25-15-19-10-3-7-16-6-1-2-12-20(16)19/h1-13H,14-15H2. The highest BCUT2D eigenvalue weighted by molar-refractivity contribution is 5.87. The number of esters is 1. The van der Waals surface area contributed by atoms with Gasteiger partial charge in [0.15, 0.2) is 0 Å². The van der Waals surface area contributed by atoms with E-state index in [0.29, 0.717) is 0 Å². The Morgan fingerprint density at radius 1 is 0.800 bits per heavy atom. The largest absolute Gasteiger partial charge is 0.461 e. The van der Waals surface area contributed by atoms with Crippen molar-refractivity contribution in [1.29, 1.82) is 0 Å². The molecule has 0 fully saturated rings. The quantitative estimate of drug-likeness (QED) is 0.511. The Balaban J connectivity index is 1.50. The van der Waals surface area contributed by atoms with Crippen molar-refractivity contribution >= 4 is 27.6 Å². The van der Waals surface area contributed by atoms with Crippen molar-refractivity contribution in [2.45, 2.75) is 13.0 Å². The minimum absolute atomic E-state index is 0.221. The molecule has 3 aromatic carbocycles. The second kappa shape index (κ2) is 6.73. The third kappa shape index (κ3) is 3.22. The van der Waals surface area contributed by atoms with E-state index < -0.39 is 0 Å². The van der Waals surface area contributed by atoms with Gasteiger partial charge in [-0.05, 0) is 28.0 Å². The molecule has 0 unspecified atom stereocenters. The molecule has 0 spiro atoms. The lowest BCUT2D eigenvalue weighted by Gasteiger charge is -2.09. The van der Waals surface area contributed by atoms with Gasteiger partial charge in [-0.3, -0.25) is 9.78 Å². The first-order valence-corrected chi connectivity index (χ1v) is 8.26. The van der Waals surface area contributed by atoms with Crippen LogP contribution < -0.4 is 0 Å². The number of nitrogens with zero attached hydrogens (tertiary/aromatic N) is 1. The molecule has 0 N–H and O–H groups in total. The Kier molecular flexibility index (Phi) is 4.13. The number of para-hydroxylation sites is 1. The van der Waals surface area contributed by atoms with Crippen molar-refractivity contribution < 1.29 is 9.53 Å². The third-order valence-corrected chi connectivity index (χ3v) is 4.32. The molecular weight excluding hydrogens is 310 g/mol. The molecule has 1 heterocycles. The number of aromatic nitrogens is 1. The van der Waals surface area contributed by atoms with E-state index in [-0.39, 0.29) is 19.0 Å². The number of hydrogen-bond acceptors (Lipinski definition) is 3. The molecule has 0 saturated heterocycles. The van der Waals surface area contributed by atoms with Crippen LogP contribution in [-0.2, 0) is 22.6 Å². The van der Waals surface area contributed by atoms with Crippen molar-refractivity contribution in [3.8, 4) is 0 Å². The lowest BCUT2D eigenvalue weighted by molar-refractivity contribution is -0.144. The van der Waals surface area contributed by atoms with E-state index in [1.165, 1.54) is 0 Å². The maximum absolute atomic E-state index is 12.3. The number of pyridine rings is 1. The molecule has 4 aromatic rings. The molecule has 3 heteroatoms. The first-order valence-electron chi connectivity index (χ1n) is 8.26. The van der Waals surface area contributed by atoms with Crippen LogP contribution in [0.1, 0.15) is 11.1 Å². The van der Waals surface area contributed by atoms with Gasteiger partial charge in [-0.2, -0.15) is 0 Å². The van der Waals surface area contributed by atoms with Crippen LogP contribution in [0.5, 0.6) is 0 Å². The predicted molar refractivity (Wildman–Crippen MR) is 99.2 cm³/mol. The highest BCUT2D eigenvalue weighted by atomic mass is 16.5. The van der Waals surface area contributed by atoms with E-state index in [9.17, 15) is 4.79 Å². The second-order valence-corrected chi connectivity index (χ2v) is 5.97. The van der Waals surface area contributed by atoms with Gasteiger partial charge < -0.3 is 4.74 Å². The normalized spacial score (nSPS) is 10.9. The molecular formula is C22H17NO2. The minimum atomic E-state index is -0.244. The number of carbonyl (C=O) groups is 1. The highest BCUT2D eigenvalue weighted by Crippen LogP contribution is 2.20. The third-order valence-electron chi connectivity index (χ3n) is 4.32. The molecule has 4 rings (SSSR count). The Hall–Kier alpha value is -3.20. The molecule has 25 heavy (non-hydrogen) atoms. The summed E-state index contributed by atoms with van der Waals surface area (Å²) in [7, 11) is 0. The number of benzene rings is 3. The average molecular weight is 327 g/mol. The molecule has 122 valence electrons. The van der Waals surface area contributed by atoms with Crippen LogP contribution >= 0.6 is 0 Å². The molecule has 1 aromatic heterocycles. The molecule has 0 aliphatic heterocycles. The maximum atomic E-state index is 12.3. The summed E-state index contributed by atoms with van der Waals surface area (Å²) in [6.45, 7) is 0.276. The van der Waals surface area contributed by atoms with Gasteiger partial charge in [0.1, 0.15) is 6.61 Å². The van der Waals surface area contributed by atoms with E-state index in [4.69, 9.17) is 4.74 Å². The molecule has 3 nitrogen and oxygen atoms in total. The Morgan fingerprint density at radius 3 is 2.44 bits per heavy atom. The number of carbonyl (C=O) groups excluding carboxylic acids is 1.